The predicted molar refractivity (Wildman–Crippen MR) is 109 cm³/mol. The Kier molecular flexibility index (Phi) is 19.2. The standard InChI is InChI=1S/C15H27N3OS.2BrH/c1-2-3-4-5-6-10-17-15(20-12-9-16)18-13-14-8-7-11-19-14;;/h7-8,11H,2-6,9-10,12-13,16H2,1H3,(H,17,18);2*1H. The largest absolute Gasteiger partial charge is 0.467 e. The van der Waals surface area contributed by atoms with Gasteiger partial charge < -0.3 is 15.5 Å². The SMILES string of the molecule is Br.Br.CCCCCCCNC(=NCc1ccco1)SCCN. The van der Waals surface area contributed by atoms with Gasteiger partial charge >= 0.3 is 0 Å². The fourth-order valence-corrected chi connectivity index (χ4v) is 2.46. The van der Waals surface area contributed by atoms with Gasteiger partial charge in [-0.1, -0.05) is 44.4 Å². The first-order valence-electron chi connectivity index (χ1n) is 7.50. The Labute approximate surface area is 159 Å². The Balaban J connectivity index is 0. The average Bonchev–Trinajstić information content (AvgIpc) is 2.98. The molecule has 0 aliphatic heterocycles. The lowest BCUT2D eigenvalue weighted by atomic mass is 10.1. The first-order chi connectivity index (χ1) is 9.86. The third-order valence-electron chi connectivity index (χ3n) is 2.87. The van der Waals surface area contributed by atoms with Gasteiger partial charge in [0.2, 0.25) is 0 Å². The van der Waals surface area contributed by atoms with Crippen LogP contribution in [0.3, 0.4) is 0 Å². The second-order valence-electron chi connectivity index (χ2n) is 4.68. The molecule has 0 aliphatic rings. The molecule has 1 aromatic rings. The summed E-state index contributed by atoms with van der Waals surface area (Å²) in [5.41, 5.74) is 5.56. The molecule has 0 amide bonds. The number of thioether (sulfide) groups is 1. The smallest absolute Gasteiger partial charge is 0.157 e. The monoisotopic (exact) mass is 457 g/mol. The maximum atomic E-state index is 5.56. The summed E-state index contributed by atoms with van der Waals surface area (Å²) in [5, 5.41) is 4.38. The third kappa shape index (κ3) is 12.6. The van der Waals surface area contributed by atoms with Crippen molar-refractivity contribution in [3.8, 4) is 0 Å². The lowest BCUT2D eigenvalue weighted by Gasteiger charge is -2.09. The molecular weight excluding hydrogens is 430 g/mol. The second-order valence-corrected chi connectivity index (χ2v) is 5.76. The van der Waals surface area contributed by atoms with Crippen molar-refractivity contribution in [2.75, 3.05) is 18.8 Å². The van der Waals surface area contributed by atoms with E-state index in [1.165, 1.54) is 32.1 Å². The van der Waals surface area contributed by atoms with E-state index in [2.05, 4.69) is 17.2 Å². The van der Waals surface area contributed by atoms with E-state index in [0.717, 1.165) is 23.2 Å². The molecule has 0 atom stereocenters. The van der Waals surface area contributed by atoms with Crippen LogP contribution in [-0.4, -0.2) is 24.0 Å². The Bertz CT molecular complexity index is 362. The zero-order chi connectivity index (χ0) is 14.5. The number of nitrogens with one attached hydrogen (secondary N) is 1. The van der Waals surface area contributed by atoms with Crippen LogP contribution in [0.2, 0.25) is 0 Å². The van der Waals surface area contributed by atoms with Crippen molar-refractivity contribution >= 4 is 50.9 Å². The lowest BCUT2D eigenvalue weighted by molar-refractivity contribution is 0.512. The highest BCUT2D eigenvalue weighted by Gasteiger charge is 2.00. The summed E-state index contributed by atoms with van der Waals surface area (Å²) in [6, 6.07) is 3.83. The van der Waals surface area contributed by atoms with E-state index >= 15 is 0 Å². The van der Waals surface area contributed by atoms with Crippen molar-refractivity contribution in [2.45, 2.75) is 45.6 Å². The molecular formula is C15H29Br2N3OS. The van der Waals surface area contributed by atoms with E-state index in [1.54, 1.807) is 18.0 Å². The van der Waals surface area contributed by atoms with Crippen LogP contribution < -0.4 is 11.1 Å². The molecule has 0 saturated carbocycles. The zero-order valence-electron chi connectivity index (χ0n) is 13.3. The number of rotatable bonds is 10. The van der Waals surface area contributed by atoms with Crippen molar-refractivity contribution in [3.05, 3.63) is 24.2 Å². The van der Waals surface area contributed by atoms with Crippen LogP contribution in [0.4, 0.5) is 0 Å². The Morgan fingerprint density at radius 2 is 2.05 bits per heavy atom. The van der Waals surface area contributed by atoms with Gasteiger partial charge in [0, 0.05) is 18.8 Å². The average molecular weight is 459 g/mol. The molecule has 0 unspecified atom stereocenters. The van der Waals surface area contributed by atoms with Gasteiger partial charge in [0.05, 0.1) is 12.8 Å². The van der Waals surface area contributed by atoms with Gasteiger partial charge in [-0.25, -0.2) is 0 Å². The summed E-state index contributed by atoms with van der Waals surface area (Å²) in [6.45, 7) is 4.48. The maximum absolute atomic E-state index is 5.56. The van der Waals surface area contributed by atoms with Gasteiger partial charge in [-0.05, 0) is 18.6 Å². The minimum absolute atomic E-state index is 0. The number of nitrogens with zero attached hydrogens (tertiary/aromatic N) is 1. The number of amidine groups is 1. The molecule has 7 heteroatoms. The summed E-state index contributed by atoms with van der Waals surface area (Å²) in [6.07, 6.45) is 8.11. The maximum Gasteiger partial charge on any atom is 0.157 e. The highest BCUT2D eigenvalue weighted by atomic mass is 79.9. The molecule has 0 aromatic carbocycles. The summed E-state index contributed by atoms with van der Waals surface area (Å²) < 4.78 is 5.29. The molecule has 0 aliphatic carbocycles. The van der Waals surface area contributed by atoms with Crippen LogP contribution in [0.5, 0.6) is 0 Å². The number of aliphatic imine (C=N–C) groups is 1. The molecule has 1 rings (SSSR count). The van der Waals surface area contributed by atoms with E-state index in [1.807, 2.05) is 12.1 Å². The predicted octanol–water partition coefficient (Wildman–Crippen LogP) is 4.54. The number of halogens is 2. The molecule has 3 N–H and O–H groups in total. The van der Waals surface area contributed by atoms with Crippen LogP contribution in [0.15, 0.2) is 27.8 Å². The topological polar surface area (TPSA) is 63.5 Å². The molecule has 1 heterocycles. The highest BCUT2D eigenvalue weighted by Crippen LogP contribution is 2.07. The molecule has 1 aromatic heterocycles. The van der Waals surface area contributed by atoms with Crippen molar-refractivity contribution < 1.29 is 4.42 Å². The fourth-order valence-electron chi connectivity index (χ4n) is 1.78. The summed E-state index contributed by atoms with van der Waals surface area (Å²) in [4.78, 5) is 4.56. The normalized spacial score (nSPS) is 10.7. The van der Waals surface area contributed by atoms with Crippen LogP contribution in [-0.2, 0) is 6.54 Å². The first-order valence-corrected chi connectivity index (χ1v) is 8.49. The molecule has 0 fully saturated rings. The Morgan fingerprint density at radius 3 is 2.68 bits per heavy atom. The molecule has 130 valence electrons. The zero-order valence-corrected chi connectivity index (χ0v) is 17.5. The third-order valence-corrected chi connectivity index (χ3v) is 3.86. The van der Waals surface area contributed by atoms with Crippen LogP contribution in [0, 0.1) is 0 Å². The minimum Gasteiger partial charge on any atom is -0.467 e. The van der Waals surface area contributed by atoms with Crippen LogP contribution in [0.25, 0.3) is 0 Å². The molecule has 4 nitrogen and oxygen atoms in total. The highest BCUT2D eigenvalue weighted by molar-refractivity contribution is 8.93. The molecule has 0 radical (unpaired) electrons. The summed E-state index contributed by atoms with van der Waals surface area (Å²) in [7, 11) is 0. The van der Waals surface area contributed by atoms with Gasteiger partial charge in [0.25, 0.3) is 0 Å². The number of hydrogen-bond acceptors (Lipinski definition) is 4. The van der Waals surface area contributed by atoms with Crippen molar-refractivity contribution in [2.24, 2.45) is 10.7 Å². The van der Waals surface area contributed by atoms with Gasteiger partial charge in [-0.15, -0.1) is 34.0 Å². The summed E-state index contributed by atoms with van der Waals surface area (Å²) >= 11 is 1.68. The molecule has 0 bridgehead atoms. The fraction of sp³-hybridized carbons (Fsp3) is 0.667. The number of hydrogen-bond donors (Lipinski definition) is 2. The van der Waals surface area contributed by atoms with Crippen molar-refractivity contribution in [3.63, 3.8) is 0 Å². The van der Waals surface area contributed by atoms with Crippen molar-refractivity contribution in [1.29, 1.82) is 0 Å². The van der Waals surface area contributed by atoms with Gasteiger partial charge in [0.15, 0.2) is 5.17 Å². The minimum atomic E-state index is 0. The van der Waals surface area contributed by atoms with Crippen molar-refractivity contribution in [1.82, 2.24) is 5.32 Å². The lowest BCUT2D eigenvalue weighted by Crippen LogP contribution is -2.23. The van der Waals surface area contributed by atoms with Crippen LogP contribution >= 0.6 is 45.7 Å². The van der Waals surface area contributed by atoms with Gasteiger partial charge in [-0.3, -0.25) is 4.99 Å². The molecule has 0 saturated heterocycles. The van der Waals surface area contributed by atoms with E-state index in [0.29, 0.717) is 13.1 Å². The van der Waals surface area contributed by atoms with E-state index < -0.39 is 0 Å². The molecule has 0 spiro atoms. The van der Waals surface area contributed by atoms with E-state index in [9.17, 15) is 0 Å². The Morgan fingerprint density at radius 1 is 1.27 bits per heavy atom. The number of furan rings is 1. The van der Waals surface area contributed by atoms with E-state index in [-0.39, 0.29) is 34.0 Å². The summed E-state index contributed by atoms with van der Waals surface area (Å²) in [5.74, 6) is 1.78. The quantitative estimate of drug-likeness (QED) is 0.306. The van der Waals surface area contributed by atoms with E-state index in [4.69, 9.17) is 10.2 Å². The Hall–Kier alpha value is 0.0200. The second kappa shape index (κ2) is 17.4. The molecule has 22 heavy (non-hydrogen) atoms. The van der Waals surface area contributed by atoms with Crippen LogP contribution in [0.1, 0.15) is 44.8 Å². The first kappa shape index (κ1) is 24.3. The van der Waals surface area contributed by atoms with Gasteiger partial charge in [0.1, 0.15) is 5.76 Å². The van der Waals surface area contributed by atoms with Gasteiger partial charge in [-0.2, -0.15) is 0 Å². The number of unbranched alkanes of at least 4 members (excludes halogenated alkanes) is 4. The number of nitrogens with two attached hydrogens (primary N) is 1.